The Morgan fingerprint density at radius 2 is 1.96 bits per heavy atom. The molecule has 1 aromatic heterocycles. The van der Waals surface area contributed by atoms with Crippen LogP contribution in [0.2, 0.25) is 0 Å². The molecule has 28 heavy (non-hydrogen) atoms. The van der Waals surface area contributed by atoms with Gasteiger partial charge in [-0.05, 0) is 24.8 Å². The molecule has 1 N–H and O–H groups in total. The number of aromatic amines is 1. The summed E-state index contributed by atoms with van der Waals surface area (Å²) in [5, 5.41) is 5.28. The van der Waals surface area contributed by atoms with Gasteiger partial charge in [0.2, 0.25) is 0 Å². The molecule has 1 aromatic carbocycles. The Hall–Kier alpha value is -2.65. The summed E-state index contributed by atoms with van der Waals surface area (Å²) in [5.74, 6) is -1.65. The number of alkyl halides is 3. The minimum Gasteiger partial charge on any atom is -0.333 e. The zero-order chi connectivity index (χ0) is 20.3. The highest BCUT2D eigenvalue weighted by Gasteiger charge is 2.35. The summed E-state index contributed by atoms with van der Waals surface area (Å²) in [4.78, 5) is 17.5. The maximum atomic E-state index is 14.2. The number of hydrogen-bond acceptors (Lipinski definition) is 3. The van der Waals surface area contributed by atoms with Crippen molar-refractivity contribution in [3.8, 4) is 5.75 Å². The van der Waals surface area contributed by atoms with Gasteiger partial charge in [0.05, 0.1) is 0 Å². The van der Waals surface area contributed by atoms with Gasteiger partial charge in [0.25, 0.3) is 5.91 Å². The number of benzene rings is 1. The first-order valence-corrected chi connectivity index (χ1v) is 8.77. The van der Waals surface area contributed by atoms with Crippen LogP contribution in [-0.2, 0) is 12.7 Å². The lowest BCUT2D eigenvalue weighted by Crippen LogP contribution is -2.35. The normalized spacial score (nSPS) is 15.0. The summed E-state index contributed by atoms with van der Waals surface area (Å²) in [6.45, 7) is 0.0930. The molecule has 3 rings (SSSR count). The zero-order valence-electron chi connectivity index (χ0n) is 14.7. The van der Waals surface area contributed by atoms with Gasteiger partial charge < -0.3 is 4.90 Å². The van der Waals surface area contributed by atoms with Crippen LogP contribution >= 0.6 is 0 Å². The molecule has 0 unspecified atom stereocenters. The Morgan fingerprint density at radius 3 is 2.54 bits per heavy atom. The highest BCUT2D eigenvalue weighted by molar-refractivity contribution is 5.92. The number of hydrogen-bond donors (Lipinski definition) is 1. The molecular weight excluding hydrogens is 385 g/mol. The van der Waals surface area contributed by atoms with E-state index in [1.807, 2.05) is 5.10 Å². The van der Waals surface area contributed by atoms with Crippen molar-refractivity contribution in [3.63, 3.8) is 0 Å². The molecule has 1 saturated carbocycles. The Morgan fingerprint density at radius 1 is 1.25 bits per heavy atom. The number of amides is 1. The highest BCUT2D eigenvalue weighted by atomic mass is 19.4. The number of aromatic nitrogens is 2. The van der Waals surface area contributed by atoms with Crippen molar-refractivity contribution >= 4 is 5.91 Å². The summed E-state index contributed by atoms with van der Waals surface area (Å²) in [5.41, 5.74) is -1.43. The van der Waals surface area contributed by atoms with Gasteiger partial charge in [-0.3, -0.25) is 14.8 Å². The van der Waals surface area contributed by atoms with Gasteiger partial charge in [-0.2, -0.15) is 18.3 Å². The first-order chi connectivity index (χ1) is 13.3. The van der Waals surface area contributed by atoms with Crippen LogP contribution < -0.4 is 4.94 Å². The van der Waals surface area contributed by atoms with Gasteiger partial charge >= 0.3 is 6.18 Å². The lowest BCUT2D eigenvalue weighted by Gasteiger charge is -2.25. The first kappa shape index (κ1) is 20.1. The third-order valence-electron chi connectivity index (χ3n) is 4.82. The minimum atomic E-state index is -4.66. The smallest absolute Gasteiger partial charge is 0.333 e. The minimum absolute atomic E-state index is 0.0960. The van der Waals surface area contributed by atoms with Crippen molar-refractivity contribution in [1.82, 2.24) is 15.1 Å². The largest absolute Gasteiger partial charge is 0.432 e. The van der Waals surface area contributed by atoms with Crippen molar-refractivity contribution in [1.29, 1.82) is 0 Å². The molecule has 1 heterocycles. The van der Waals surface area contributed by atoms with Crippen LogP contribution in [-0.4, -0.2) is 27.5 Å². The number of halogens is 5. The molecular formula is C18H18F5N3O2. The standard InChI is InChI=1S/C18H18F5N3O2/c19-14-7-13(28-23)6-5-12(14)10-26(9-11-3-1-2-4-11)17(27)15-8-16(25-24-15)18(20,21)22/h5-8,11H,1-4,9-10H2,(H,24,25). The van der Waals surface area contributed by atoms with E-state index in [9.17, 15) is 26.9 Å². The Balaban J connectivity index is 1.83. The van der Waals surface area contributed by atoms with Gasteiger partial charge in [0, 0.05) is 35.3 Å². The van der Waals surface area contributed by atoms with Crippen LogP contribution in [0.3, 0.4) is 0 Å². The fourth-order valence-corrected chi connectivity index (χ4v) is 3.37. The number of H-pyrrole nitrogens is 1. The summed E-state index contributed by atoms with van der Waals surface area (Å²) < 4.78 is 64.7. The van der Waals surface area contributed by atoms with Crippen LogP contribution in [0.25, 0.3) is 0 Å². The lowest BCUT2D eigenvalue weighted by atomic mass is 10.1. The number of rotatable bonds is 6. The van der Waals surface area contributed by atoms with Crippen LogP contribution in [0.15, 0.2) is 24.3 Å². The third-order valence-corrected chi connectivity index (χ3v) is 4.82. The van der Waals surface area contributed by atoms with Crippen molar-refractivity contribution in [2.75, 3.05) is 6.54 Å². The molecule has 0 aliphatic heterocycles. The molecule has 1 aliphatic carbocycles. The molecule has 152 valence electrons. The van der Waals surface area contributed by atoms with E-state index < -0.39 is 29.3 Å². The molecule has 0 saturated heterocycles. The lowest BCUT2D eigenvalue weighted by molar-refractivity contribution is -0.141. The van der Waals surface area contributed by atoms with Gasteiger partial charge in [-0.15, -0.1) is 0 Å². The van der Waals surface area contributed by atoms with Gasteiger partial charge in [-0.1, -0.05) is 18.9 Å². The van der Waals surface area contributed by atoms with Crippen LogP contribution in [0, 0.1) is 11.7 Å². The van der Waals surface area contributed by atoms with Crippen LogP contribution in [0.5, 0.6) is 5.75 Å². The predicted molar refractivity (Wildman–Crippen MR) is 88.4 cm³/mol. The molecule has 2 aromatic rings. The second kappa shape index (κ2) is 8.15. The molecule has 0 bridgehead atoms. The maximum absolute atomic E-state index is 14.2. The third kappa shape index (κ3) is 4.60. The SMILES string of the molecule is O=C(c1cc(C(F)(F)F)[nH]n1)N(Cc1ccc(OF)cc1F)CC1CCCC1. The average Bonchev–Trinajstić information content (AvgIpc) is 3.33. The maximum Gasteiger partial charge on any atom is 0.432 e. The van der Waals surface area contributed by atoms with E-state index in [0.717, 1.165) is 31.7 Å². The van der Waals surface area contributed by atoms with Gasteiger partial charge in [-0.25, -0.2) is 4.39 Å². The molecule has 0 radical (unpaired) electrons. The number of carbonyl (C=O) groups is 1. The topological polar surface area (TPSA) is 58.2 Å². The van der Waals surface area contributed by atoms with E-state index in [1.54, 1.807) is 0 Å². The van der Waals surface area contributed by atoms with E-state index in [-0.39, 0.29) is 30.3 Å². The number of carbonyl (C=O) groups excluding carboxylic acids is 1. The van der Waals surface area contributed by atoms with Gasteiger partial charge in [0.1, 0.15) is 11.5 Å². The molecule has 1 amide bonds. The van der Waals surface area contributed by atoms with E-state index in [4.69, 9.17) is 0 Å². The second-order valence-corrected chi connectivity index (χ2v) is 6.83. The fraction of sp³-hybridized carbons (Fsp3) is 0.444. The Bertz CT molecular complexity index is 831. The molecule has 5 nitrogen and oxygen atoms in total. The predicted octanol–water partition coefficient (Wildman–Crippen LogP) is 4.66. The Labute approximate surface area is 157 Å². The van der Waals surface area contributed by atoms with Crippen molar-refractivity contribution in [2.45, 2.75) is 38.4 Å². The summed E-state index contributed by atoms with van der Waals surface area (Å²) >= 11 is 0. The van der Waals surface area contributed by atoms with E-state index in [1.165, 1.54) is 17.0 Å². The molecule has 1 fully saturated rings. The molecule has 1 aliphatic rings. The van der Waals surface area contributed by atoms with E-state index in [2.05, 4.69) is 10.0 Å². The summed E-state index contributed by atoms with van der Waals surface area (Å²) in [6, 6.07) is 3.95. The molecule has 10 heteroatoms. The summed E-state index contributed by atoms with van der Waals surface area (Å²) in [6.07, 6.45) is -0.880. The quantitative estimate of drug-likeness (QED) is 0.714. The highest BCUT2D eigenvalue weighted by Crippen LogP contribution is 2.30. The molecule has 0 atom stereocenters. The van der Waals surface area contributed by atoms with Gasteiger partial charge in [0.15, 0.2) is 11.4 Å². The summed E-state index contributed by atoms with van der Waals surface area (Å²) in [7, 11) is 0. The first-order valence-electron chi connectivity index (χ1n) is 8.77. The van der Waals surface area contributed by atoms with E-state index >= 15 is 0 Å². The van der Waals surface area contributed by atoms with E-state index in [0.29, 0.717) is 6.07 Å². The van der Waals surface area contributed by atoms with Crippen LogP contribution in [0.4, 0.5) is 22.1 Å². The zero-order valence-corrected chi connectivity index (χ0v) is 14.7. The van der Waals surface area contributed by atoms with Crippen molar-refractivity contribution in [3.05, 3.63) is 47.0 Å². The fourth-order valence-electron chi connectivity index (χ4n) is 3.37. The average molecular weight is 403 g/mol. The van der Waals surface area contributed by atoms with Crippen molar-refractivity contribution in [2.24, 2.45) is 5.92 Å². The second-order valence-electron chi connectivity index (χ2n) is 6.83. The number of nitrogens with one attached hydrogen (secondary N) is 1. The van der Waals surface area contributed by atoms with Crippen molar-refractivity contribution < 1.29 is 31.8 Å². The van der Waals surface area contributed by atoms with Crippen LogP contribution in [0.1, 0.15) is 47.4 Å². The monoisotopic (exact) mass is 403 g/mol. The number of nitrogens with zero attached hydrogens (tertiary/aromatic N) is 2. The molecule has 0 spiro atoms. The Kier molecular flexibility index (Phi) is 5.85.